The van der Waals surface area contributed by atoms with Crippen LogP contribution in [-0.2, 0) is 13.1 Å². The lowest BCUT2D eigenvalue weighted by Gasteiger charge is -2.12. The fourth-order valence-electron chi connectivity index (χ4n) is 2.16. The number of rotatable bonds is 5. The van der Waals surface area contributed by atoms with E-state index in [4.69, 9.17) is 0 Å². The molecule has 4 nitrogen and oxygen atoms in total. The minimum Gasteiger partial charge on any atom is -0.357 e. The number of pyridine rings is 1. The third-order valence-electron chi connectivity index (χ3n) is 3.55. The molecule has 0 aliphatic heterocycles. The van der Waals surface area contributed by atoms with Crippen molar-refractivity contribution < 1.29 is 0 Å². The Hall–Kier alpha value is -1.63. The van der Waals surface area contributed by atoms with E-state index in [9.17, 15) is 0 Å². The maximum absolute atomic E-state index is 4.66. The summed E-state index contributed by atoms with van der Waals surface area (Å²) in [5.41, 5.74) is 4.74. The molecule has 124 valence electrons. The molecule has 0 aliphatic carbocycles. The van der Waals surface area contributed by atoms with Crippen LogP contribution in [0.5, 0.6) is 0 Å². The highest BCUT2D eigenvalue weighted by atomic mass is 127. The van der Waals surface area contributed by atoms with E-state index < -0.39 is 0 Å². The van der Waals surface area contributed by atoms with Crippen LogP contribution in [0.15, 0.2) is 47.6 Å². The van der Waals surface area contributed by atoms with Crippen molar-refractivity contribution in [2.24, 2.45) is 4.99 Å². The van der Waals surface area contributed by atoms with Crippen molar-refractivity contribution in [1.29, 1.82) is 0 Å². The monoisotopic (exact) mass is 424 g/mol. The molecule has 0 amide bonds. The molecule has 0 radical (unpaired) electrons. The van der Waals surface area contributed by atoms with Crippen LogP contribution < -0.4 is 10.6 Å². The average Bonchev–Trinajstić information content (AvgIpc) is 2.53. The summed E-state index contributed by atoms with van der Waals surface area (Å²) in [5.74, 6) is 0.816. The number of aromatic nitrogens is 1. The Balaban J connectivity index is 0.00000264. The molecule has 0 fully saturated rings. The second kappa shape index (κ2) is 10.2. The van der Waals surface area contributed by atoms with E-state index in [0.717, 1.165) is 18.2 Å². The molecule has 1 aromatic carbocycles. The zero-order valence-electron chi connectivity index (χ0n) is 14.0. The molecule has 23 heavy (non-hydrogen) atoms. The quantitative estimate of drug-likeness (QED) is 0.439. The van der Waals surface area contributed by atoms with E-state index in [1.54, 1.807) is 0 Å². The van der Waals surface area contributed by atoms with Gasteiger partial charge in [-0.05, 0) is 43.5 Å². The largest absolute Gasteiger partial charge is 0.357 e. The summed E-state index contributed by atoms with van der Waals surface area (Å²) in [6, 6.07) is 12.4. The summed E-state index contributed by atoms with van der Waals surface area (Å²) in [7, 11) is 0. The highest BCUT2D eigenvalue weighted by Gasteiger charge is 2.02. The lowest BCUT2D eigenvalue weighted by Crippen LogP contribution is -2.37. The van der Waals surface area contributed by atoms with Crippen LogP contribution in [0.3, 0.4) is 0 Å². The van der Waals surface area contributed by atoms with Gasteiger partial charge in [0.1, 0.15) is 0 Å². The van der Waals surface area contributed by atoms with Crippen molar-refractivity contribution in [3.63, 3.8) is 0 Å². The highest BCUT2D eigenvalue weighted by molar-refractivity contribution is 14.0. The molecule has 0 unspecified atom stereocenters. The van der Waals surface area contributed by atoms with Gasteiger partial charge in [0.15, 0.2) is 5.96 Å². The van der Waals surface area contributed by atoms with Crippen LogP contribution >= 0.6 is 24.0 Å². The molecule has 0 saturated carbocycles. The standard InChI is InChI=1S/C18H24N4.HI/c1-4-19-18(21-12-16-10-6-5-8-14(16)2)22-13-17-15(3)9-7-11-20-17;/h5-11H,4,12-13H2,1-3H3,(H2,19,21,22);1H. The number of benzene rings is 1. The number of aliphatic imine (C=N–C) groups is 1. The van der Waals surface area contributed by atoms with Gasteiger partial charge < -0.3 is 10.6 Å². The molecule has 5 heteroatoms. The molecule has 0 atom stereocenters. The molecule has 1 aromatic heterocycles. The van der Waals surface area contributed by atoms with Crippen LogP contribution in [0.2, 0.25) is 0 Å². The van der Waals surface area contributed by atoms with Gasteiger partial charge in [0.05, 0.1) is 18.8 Å². The summed E-state index contributed by atoms with van der Waals surface area (Å²) in [4.78, 5) is 9.05. The molecule has 0 saturated heterocycles. The molecular formula is C18H25IN4. The second-order valence-electron chi connectivity index (χ2n) is 5.24. The van der Waals surface area contributed by atoms with E-state index in [2.05, 4.69) is 71.7 Å². The minimum atomic E-state index is 0. The first-order valence-electron chi connectivity index (χ1n) is 7.68. The smallest absolute Gasteiger partial charge is 0.191 e. The van der Waals surface area contributed by atoms with Crippen LogP contribution in [-0.4, -0.2) is 17.5 Å². The van der Waals surface area contributed by atoms with Gasteiger partial charge >= 0.3 is 0 Å². The number of hydrogen-bond acceptors (Lipinski definition) is 2. The Morgan fingerprint density at radius 2 is 1.78 bits per heavy atom. The molecule has 0 spiro atoms. The summed E-state index contributed by atoms with van der Waals surface area (Å²) < 4.78 is 0. The fraction of sp³-hybridized carbons (Fsp3) is 0.333. The molecule has 2 rings (SSSR count). The van der Waals surface area contributed by atoms with Crippen LogP contribution in [0.25, 0.3) is 0 Å². The number of halogens is 1. The number of nitrogens with one attached hydrogen (secondary N) is 2. The van der Waals surface area contributed by atoms with Gasteiger partial charge in [-0.2, -0.15) is 0 Å². The van der Waals surface area contributed by atoms with Gasteiger partial charge in [0, 0.05) is 12.7 Å². The average molecular weight is 424 g/mol. The first-order valence-corrected chi connectivity index (χ1v) is 7.68. The second-order valence-corrected chi connectivity index (χ2v) is 5.24. The third-order valence-corrected chi connectivity index (χ3v) is 3.55. The highest BCUT2D eigenvalue weighted by Crippen LogP contribution is 2.08. The van der Waals surface area contributed by atoms with Crippen molar-refractivity contribution in [1.82, 2.24) is 15.6 Å². The summed E-state index contributed by atoms with van der Waals surface area (Å²) in [5, 5.41) is 6.62. The van der Waals surface area contributed by atoms with Gasteiger partial charge in [0.2, 0.25) is 0 Å². The van der Waals surface area contributed by atoms with Gasteiger partial charge in [-0.3, -0.25) is 4.98 Å². The number of guanidine groups is 1. The predicted molar refractivity (Wildman–Crippen MR) is 107 cm³/mol. The molecule has 0 bridgehead atoms. The maximum atomic E-state index is 4.66. The van der Waals surface area contributed by atoms with Crippen molar-refractivity contribution in [3.05, 3.63) is 65.0 Å². The van der Waals surface area contributed by atoms with Crippen molar-refractivity contribution in [2.45, 2.75) is 33.9 Å². The maximum Gasteiger partial charge on any atom is 0.191 e. The zero-order valence-corrected chi connectivity index (χ0v) is 16.3. The van der Waals surface area contributed by atoms with E-state index in [1.165, 1.54) is 16.7 Å². The third kappa shape index (κ3) is 6.17. The zero-order chi connectivity index (χ0) is 15.8. The van der Waals surface area contributed by atoms with E-state index in [-0.39, 0.29) is 24.0 Å². The van der Waals surface area contributed by atoms with Crippen molar-refractivity contribution in [3.8, 4) is 0 Å². The Morgan fingerprint density at radius 3 is 2.48 bits per heavy atom. The Bertz CT molecular complexity index is 640. The lowest BCUT2D eigenvalue weighted by molar-refractivity contribution is 0.794. The summed E-state index contributed by atoms with van der Waals surface area (Å²) in [6.45, 7) is 8.43. The Morgan fingerprint density at radius 1 is 1.04 bits per heavy atom. The normalized spacial score (nSPS) is 10.8. The Kier molecular flexibility index (Phi) is 8.61. The van der Waals surface area contributed by atoms with Crippen molar-refractivity contribution >= 4 is 29.9 Å². The first-order chi connectivity index (χ1) is 10.7. The fourth-order valence-corrected chi connectivity index (χ4v) is 2.16. The lowest BCUT2D eigenvalue weighted by atomic mass is 10.1. The van der Waals surface area contributed by atoms with E-state index in [1.807, 2.05) is 12.3 Å². The SMILES string of the molecule is CCNC(=NCc1ccccc1C)NCc1ncccc1C.I. The van der Waals surface area contributed by atoms with E-state index >= 15 is 0 Å². The van der Waals surface area contributed by atoms with Crippen LogP contribution in [0.1, 0.15) is 29.3 Å². The Labute approximate surface area is 155 Å². The van der Waals surface area contributed by atoms with Crippen LogP contribution in [0, 0.1) is 13.8 Å². The molecule has 0 aliphatic rings. The summed E-state index contributed by atoms with van der Waals surface area (Å²) in [6.07, 6.45) is 1.82. The number of hydrogen-bond donors (Lipinski definition) is 2. The van der Waals surface area contributed by atoms with E-state index in [0.29, 0.717) is 13.1 Å². The molecule has 2 aromatic rings. The molecular weight excluding hydrogens is 399 g/mol. The summed E-state index contributed by atoms with van der Waals surface area (Å²) >= 11 is 0. The number of aryl methyl sites for hydroxylation is 2. The van der Waals surface area contributed by atoms with Gasteiger partial charge in [-0.25, -0.2) is 4.99 Å². The van der Waals surface area contributed by atoms with Crippen molar-refractivity contribution in [2.75, 3.05) is 6.54 Å². The van der Waals surface area contributed by atoms with Gasteiger partial charge in [0.25, 0.3) is 0 Å². The van der Waals surface area contributed by atoms with Gasteiger partial charge in [-0.15, -0.1) is 24.0 Å². The molecule has 1 heterocycles. The van der Waals surface area contributed by atoms with Crippen LogP contribution in [0.4, 0.5) is 0 Å². The molecule has 2 N–H and O–H groups in total. The topological polar surface area (TPSA) is 49.3 Å². The number of nitrogens with zero attached hydrogens (tertiary/aromatic N) is 2. The predicted octanol–water partition coefficient (Wildman–Crippen LogP) is 3.57. The first kappa shape index (κ1) is 19.4. The minimum absolute atomic E-state index is 0. The van der Waals surface area contributed by atoms with Gasteiger partial charge in [-0.1, -0.05) is 30.3 Å².